The van der Waals surface area contributed by atoms with Gasteiger partial charge in [0.15, 0.2) is 0 Å². The van der Waals surface area contributed by atoms with Gasteiger partial charge in [-0.1, -0.05) is 0 Å². The van der Waals surface area contributed by atoms with Gasteiger partial charge in [-0.2, -0.15) is 0 Å². The molecule has 2 aromatic rings. The van der Waals surface area contributed by atoms with E-state index in [4.69, 9.17) is 0 Å². The highest BCUT2D eigenvalue weighted by atomic mass is 19.1. The van der Waals surface area contributed by atoms with Gasteiger partial charge in [-0.3, -0.25) is 4.98 Å². The number of rotatable bonds is 1. The predicted molar refractivity (Wildman–Crippen MR) is 51.0 cm³/mol. The lowest BCUT2D eigenvalue weighted by Crippen LogP contribution is -2.14. The molecule has 1 aromatic heterocycles. The molecule has 76 valence electrons. The Hall–Kier alpha value is -2.17. The van der Waals surface area contributed by atoms with Crippen molar-refractivity contribution in [1.82, 2.24) is 4.98 Å². The number of H-pyrrole nitrogens is 1. The number of hydrogen-bond donors (Lipinski definition) is 1. The van der Waals surface area contributed by atoms with Crippen LogP contribution < -0.4 is 11.4 Å². The van der Waals surface area contributed by atoms with Gasteiger partial charge in [0.2, 0.25) is 0 Å². The summed E-state index contributed by atoms with van der Waals surface area (Å²) in [7, 11) is 0. The molecule has 0 fully saturated rings. The van der Waals surface area contributed by atoms with Crippen molar-refractivity contribution in [2.24, 2.45) is 0 Å². The maximum Gasteiger partial charge on any atom is 0.419 e. The van der Waals surface area contributed by atoms with Crippen molar-refractivity contribution < 1.29 is 8.81 Å². The van der Waals surface area contributed by atoms with Crippen LogP contribution in [0.15, 0.2) is 44.3 Å². The maximum atomic E-state index is 12.6. The van der Waals surface area contributed by atoms with E-state index >= 15 is 0 Å². The Labute approximate surface area is 83.0 Å². The first kappa shape index (κ1) is 9.39. The van der Waals surface area contributed by atoms with E-state index < -0.39 is 11.4 Å². The fourth-order valence-electron chi connectivity index (χ4n) is 1.20. The molecule has 0 aliphatic heterocycles. The van der Waals surface area contributed by atoms with Gasteiger partial charge < -0.3 is 4.42 Å². The molecule has 0 bridgehead atoms. The zero-order valence-corrected chi connectivity index (χ0v) is 7.49. The lowest BCUT2D eigenvalue weighted by atomic mass is 10.1. The molecule has 0 amide bonds. The molecule has 0 saturated carbocycles. The SMILES string of the molecule is O=c1cc(-c2ccc(F)cc2)[nH]c(=O)o1. The summed E-state index contributed by atoms with van der Waals surface area (Å²) in [4.78, 5) is 24.1. The molecular formula is C10H6FNO3. The zero-order chi connectivity index (χ0) is 10.8. The molecule has 0 saturated heterocycles. The van der Waals surface area contributed by atoms with E-state index in [1.807, 2.05) is 0 Å². The van der Waals surface area contributed by atoms with E-state index in [0.29, 0.717) is 11.3 Å². The third-order valence-corrected chi connectivity index (χ3v) is 1.85. The zero-order valence-electron chi connectivity index (χ0n) is 7.49. The normalized spacial score (nSPS) is 10.2. The van der Waals surface area contributed by atoms with Crippen LogP contribution in [0.25, 0.3) is 11.3 Å². The summed E-state index contributed by atoms with van der Waals surface area (Å²) < 4.78 is 16.8. The summed E-state index contributed by atoms with van der Waals surface area (Å²) in [6.07, 6.45) is 0. The van der Waals surface area contributed by atoms with Crippen molar-refractivity contribution in [3.05, 3.63) is 57.1 Å². The Morgan fingerprint density at radius 2 is 1.80 bits per heavy atom. The first-order valence-electron chi connectivity index (χ1n) is 4.15. The van der Waals surface area contributed by atoms with Crippen LogP contribution in [0, 0.1) is 5.82 Å². The smallest absolute Gasteiger partial charge is 0.373 e. The molecule has 0 aliphatic carbocycles. The molecular weight excluding hydrogens is 201 g/mol. The van der Waals surface area contributed by atoms with Crippen LogP contribution in [0.3, 0.4) is 0 Å². The van der Waals surface area contributed by atoms with E-state index in [-0.39, 0.29) is 5.82 Å². The van der Waals surface area contributed by atoms with E-state index in [1.165, 1.54) is 24.3 Å². The predicted octanol–water partition coefficient (Wildman–Crippen LogP) is 1.13. The van der Waals surface area contributed by atoms with E-state index in [0.717, 1.165) is 6.07 Å². The molecule has 0 atom stereocenters. The Bertz CT molecular complexity index is 554. The Morgan fingerprint density at radius 3 is 2.40 bits per heavy atom. The standard InChI is InChI=1S/C10H6FNO3/c11-7-3-1-6(2-4-7)8-5-9(13)15-10(14)12-8/h1-5H,(H,12,14). The second-order valence-electron chi connectivity index (χ2n) is 2.90. The Balaban J connectivity index is 2.59. The minimum Gasteiger partial charge on any atom is -0.373 e. The summed E-state index contributed by atoms with van der Waals surface area (Å²) in [5.41, 5.74) is 0.107. The molecule has 0 radical (unpaired) electrons. The van der Waals surface area contributed by atoms with Crippen molar-refractivity contribution in [2.45, 2.75) is 0 Å². The van der Waals surface area contributed by atoms with Crippen molar-refractivity contribution in [3.63, 3.8) is 0 Å². The average Bonchev–Trinajstić information content (AvgIpc) is 2.17. The molecule has 1 N–H and O–H groups in total. The quantitative estimate of drug-likeness (QED) is 0.762. The van der Waals surface area contributed by atoms with Crippen molar-refractivity contribution in [1.29, 1.82) is 0 Å². The molecule has 4 nitrogen and oxygen atoms in total. The van der Waals surface area contributed by atoms with E-state index in [2.05, 4.69) is 9.40 Å². The summed E-state index contributed by atoms with van der Waals surface area (Å²) in [6.45, 7) is 0. The molecule has 0 unspecified atom stereocenters. The maximum absolute atomic E-state index is 12.6. The van der Waals surface area contributed by atoms with Crippen LogP contribution in [0.1, 0.15) is 0 Å². The van der Waals surface area contributed by atoms with Gasteiger partial charge in [0.25, 0.3) is 0 Å². The third kappa shape index (κ3) is 2.01. The van der Waals surface area contributed by atoms with Gasteiger partial charge in [-0.25, -0.2) is 14.0 Å². The van der Waals surface area contributed by atoms with Gasteiger partial charge in [-0.15, -0.1) is 0 Å². The van der Waals surface area contributed by atoms with E-state index in [1.54, 1.807) is 0 Å². The second-order valence-corrected chi connectivity index (χ2v) is 2.90. The molecule has 5 heteroatoms. The molecule has 0 spiro atoms. The van der Waals surface area contributed by atoms with Crippen LogP contribution in [-0.2, 0) is 0 Å². The number of aromatic nitrogens is 1. The highest BCUT2D eigenvalue weighted by Crippen LogP contribution is 2.13. The van der Waals surface area contributed by atoms with Gasteiger partial charge in [-0.05, 0) is 29.8 Å². The van der Waals surface area contributed by atoms with Crippen molar-refractivity contribution in [2.75, 3.05) is 0 Å². The van der Waals surface area contributed by atoms with Crippen molar-refractivity contribution >= 4 is 0 Å². The van der Waals surface area contributed by atoms with Gasteiger partial charge >= 0.3 is 11.4 Å². The van der Waals surface area contributed by atoms with Gasteiger partial charge in [0, 0.05) is 6.07 Å². The van der Waals surface area contributed by atoms with Crippen LogP contribution in [0.2, 0.25) is 0 Å². The topological polar surface area (TPSA) is 63.1 Å². The number of hydrogen-bond acceptors (Lipinski definition) is 3. The van der Waals surface area contributed by atoms with Crippen LogP contribution in [0.5, 0.6) is 0 Å². The van der Waals surface area contributed by atoms with Crippen molar-refractivity contribution in [3.8, 4) is 11.3 Å². The first-order valence-corrected chi connectivity index (χ1v) is 4.15. The molecule has 0 aliphatic rings. The number of aromatic amines is 1. The highest BCUT2D eigenvalue weighted by Gasteiger charge is 2.01. The van der Waals surface area contributed by atoms with Crippen LogP contribution >= 0.6 is 0 Å². The number of nitrogens with one attached hydrogen (secondary N) is 1. The molecule has 15 heavy (non-hydrogen) atoms. The van der Waals surface area contributed by atoms with Gasteiger partial charge in [0.1, 0.15) is 5.82 Å². The van der Waals surface area contributed by atoms with Gasteiger partial charge in [0.05, 0.1) is 5.69 Å². The van der Waals surface area contributed by atoms with Crippen LogP contribution in [0.4, 0.5) is 4.39 Å². The fraction of sp³-hybridized carbons (Fsp3) is 0. The number of halogens is 1. The molecule has 1 heterocycles. The highest BCUT2D eigenvalue weighted by molar-refractivity contribution is 5.57. The molecule has 2 rings (SSSR count). The van der Waals surface area contributed by atoms with E-state index in [9.17, 15) is 14.0 Å². The number of benzene rings is 1. The fourth-order valence-corrected chi connectivity index (χ4v) is 1.20. The van der Waals surface area contributed by atoms with Crippen LogP contribution in [-0.4, -0.2) is 4.98 Å². The summed E-state index contributed by atoms with van der Waals surface area (Å²) in [5, 5.41) is 0. The lowest BCUT2D eigenvalue weighted by molar-refractivity contribution is 0.451. The molecule has 1 aromatic carbocycles. The third-order valence-electron chi connectivity index (χ3n) is 1.85. The Kier molecular flexibility index (Phi) is 2.21. The lowest BCUT2D eigenvalue weighted by Gasteiger charge is -1.98. The monoisotopic (exact) mass is 207 g/mol. The second kappa shape index (κ2) is 3.53. The largest absolute Gasteiger partial charge is 0.419 e. The average molecular weight is 207 g/mol. The minimum absolute atomic E-state index is 0.302. The first-order chi connectivity index (χ1) is 7.15. The summed E-state index contributed by atoms with van der Waals surface area (Å²) >= 11 is 0. The minimum atomic E-state index is -0.832. The summed E-state index contributed by atoms with van der Waals surface area (Å²) in [6, 6.07) is 6.53. The Morgan fingerprint density at radius 1 is 1.13 bits per heavy atom. The summed E-state index contributed by atoms with van der Waals surface area (Å²) in [5.74, 6) is -1.22.